The summed E-state index contributed by atoms with van der Waals surface area (Å²) < 4.78 is 5.59. The van der Waals surface area contributed by atoms with Gasteiger partial charge in [0.25, 0.3) is 0 Å². The van der Waals surface area contributed by atoms with Crippen molar-refractivity contribution in [2.45, 2.75) is 51.8 Å². The van der Waals surface area contributed by atoms with Gasteiger partial charge in [0.1, 0.15) is 5.75 Å². The van der Waals surface area contributed by atoms with E-state index in [0.717, 1.165) is 12.8 Å². The van der Waals surface area contributed by atoms with Crippen LogP contribution in [0.5, 0.6) is 5.75 Å². The molecular weight excluding hydrogens is 358 g/mol. The van der Waals surface area contributed by atoms with Gasteiger partial charge in [-0.05, 0) is 37.5 Å². The number of hydrogen-bond acceptors (Lipinski definition) is 3. The minimum atomic E-state index is -0.191. The van der Waals surface area contributed by atoms with Crippen LogP contribution < -0.4 is 10.1 Å². The second-order valence-corrected chi connectivity index (χ2v) is 7.02. The van der Waals surface area contributed by atoms with E-state index in [4.69, 9.17) is 4.74 Å². The number of anilines is 1. The number of hydrogen-bond donors (Lipinski definition) is 1. The number of ether oxygens (including phenoxy) is 1. The average Bonchev–Trinajstić information content (AvgIpc) is 2.48. The molecular formula is C18H26BrNO3. The maximum Gasteiger partial charge on any atom is 0.224 e. The van der Waals surface area contributed by atoms with Gasteiger partial charge in [0.15, 0.2) is 5.78 Å². The summed E-state index contributed by atoms with van der Waals surface area (Å²) in [5, 5.41) is 2.86. The summed E-state index contributed by atoms with van der Waals surface area (Å²) in [5.74, 6) is 0.804. The van der Waals surface area contributed by atoms with E-state index in [2.05, 4.69) is 21.2 Å². The van der Waals surface area contributed by atoms with Crippen molar-refractivity contribution in [3.63, 3.8) is 0 Å². The minimum Gasteiger partial charge on any atom is -0.492 e. The molecule has 1 unspecified atom stereocenters. The number of ketones is 1. The summed E-state index contributed by atoms with van der Waals surface area (Å²) in [6.07, 6.45) is 2.17. The Morgan fingerprint density at radius 3 is 2.52 bits per heavy atom. The molecule has 5 heteroatoms. The predicted molar refractivity (Wildman–Crippen MR) is 97.6 cm³/mol. The van der Waals surface area contributed by atoms with Gasteiger partial charge in [-0.3, -0.25) is 9.59 Å². The first-order valence-corrected chi connectivity index (χ1v) is 9.05. The fourth-order valence-corrected chi connectivity index (χ4v) is 2.91. The first-order chi connectivity index (χ1) is 10.9. The standard InChI is InChI=1S/C18H26BrNO3/c1-5-7-14(19)18(22)13-8-9-15(16(11-13)23-6-2)20-17(21)10-12(3)4/h8-9,11-12,14H,5-7,10H2,1-4H3,(H,20,21). The van der Waals surface area contributed by atoms with Crippen LogP contribution in [0.1, 0.15) is 57.3 Å². The molecule has 1 atom stereocenters. The quantitative estimate of drug-likeness (QED) is 0.491. The fourth-order valence-electron chi connectivity index (χ4n) is 2.19. The van der Waals surface area contributed by atoms with Crippen LogP contribution in [0.15, 0.2) is 18.2 Å². The van der Waals surface area contributed by atoms with Crippen LogP contribution in [-0.2, 0) is 4.79 Å². The largest absolute Gasteiger partial charge is 0.492 e. The van der Waals surface area contributed by atoms with Crippen molar-refractivity contribution in [1.82, 2.24) is 0 Å². The molecule has 1 amide bonds. The molecule has 0 saturated heterocycles. The van der Waals surface area contributed by atoms with E-state index in [9.17, 15) is 9.59 Å². The Hall–Kier alpha value is -1.36. The second-order valence-electron chi connectivity index (χ2n) is 5.91. The third kappa shape index (κ3) is 6.34. The van der Waals surface area contributed by atoms with Crippen molar-refractivity contribution in [2.75, 3.05) is 11.9 Å². The van der Waals surface area contributed by atoms with E-state index >= 15 is 0 Å². The summed E-state index contributed by atoms with van der Waals surface area (Å²) in [6, 6.07) is 5.18. The molecule has 0 heterocycles. The van der Waals surface area contributed by atoms with Gasteiger partial charge in [0, 0.05) is 12.0 Å². The highest BCUT2D eigenvalue weighted by molar-refractivity contribution is 9.10. The van der Waals surface area contributed by atoms with Gasteiger partial charge in [-0.15, -0.1) is 0 Å². The molecule has 0 aliphatic rings. The van der Waals surface area contributed by atoms with Crippen LogP contribution in [0.25, 0.3) is 0 Å². The van der Waals surface area contributed by atoms with Crippen LogP contribution in [0.2, 0.25) is 0 Å². The molecule has 0 fully saturated rings. The zero-order valence-corrected chi connectivity index (χ0v) is 15.9. The van der Waals surface area contributed by atoms with Crippen LogP contribution in [0.4, 0.5) is 5.69 Å². The Kier molecular flexibility index (Phi) is 8.31. The first kappa shape index (κ1) is 19.7. The minimum absolute atomic E-state index is 0.0351. The molecule has 0 spiro atoms. The Morgan fingerprint density at radius 2 is 1.96 bits per heavy atom. The Balaban J connectivity index is 2.97. The van der Waals surface area contributed by atoms with Gasteiger partial charge in [-0.1, -0.05) is 43.1 Å². The van der Waals surface area contributed by atoms with Gasteiger partial charge in [-0.25, -0.2) is 0 Å². The molecule has 4 nitrogen and oxygen atoms in total. The number of amides is 1. The topological polar surface area (TPSA) is 55.4 Å². The first-order valence-electron chi connectivity index (χ1n) is 8.13. The van der Waals surface area contributed by atoms with Crippen molar-refractivity contribution in [2.24, 2.45) is 5.92 Å². The third-order valence-electron chi connectivity index (χ3n) is 3.26. The predicted octanol–water partition coefficient (Wildman–Crippen LogP) is 4.82. The molecule has 0 aliphatic carbocycles. The number of halogens is 1. The van der Waals surface area contributed by atoms with Crippen LogP contribution in [0.3, 0.4) is 0 Å². The number of alkyl halides is 1. The lowest BCUT2D eigenvalue weighted by molar-refractivity contribution is -0.116. The van der Waals surface area contributed by atoms with E-state index in [1.807, 2.05) is 27.7 Å². The number of carbonyl (C=O) groups is 2. The van der Waals surface area contributed by atoms with Crippen molar-refractivity contribution in [3.05, 3.63) is 23.8 Å². The molecule has 1 aromatic carbocycles. The molecule has 1 N–H and O–H groups in total. The molecule has 0 aromatic heterocycles. The maximum atomic E-state index is 12.4. The molecule has 23 heavy (non-hydrogen) atoms. The molecule has 0 radical (unpaired) electrons. The Labute approximate surface area is 147 Å². The highest BCUT2D eigenvalue weighted by Crippen LogP contribution is 2.28. The van der Waals surface area contributed by atoms with Crippen molar-refractivity contribution in [3.8, 4) is 5.75 Å². The van der Waals surface area contributed by atoms with Gasteiger partial charge in [-0.2, -0.15) is 0 Å². The fraction of sp³-hybridized carbons (Fsp3) is 0.556. The second kappa shape index (κ2) is 9.71. The monoisotopic (exact) mass is 383 g/mol. The Morgan fingerprint density at radius 1 is 1.26 bits per heavy atom. The van der Waals surface area contributed by atoms with Gasteiger partial charge in [0.2, 0.25) is 5.91 Å². The lowest BCUT2D eigenvalue weighted by atomic mass is 10.0. The summed E-state index contributed by atoms with van der Waals surface area (Å²) in [7, 11) is 0. The van der Waals surface area contributed by atoms with Gasteiger partial charge < -0.3 is 10.1 Å². The smallest absolute Gasteiger partial charge is 0.224 e. The van der Waals surface area contributed by atoms with E-state index in [0.29, 0.717) is 30.0 Å². The van der Waals surface area contributed by atoms with Crippen LogP contribution in [-0.4, -0.2) is 23.1 Å². The van der Waals surface area contributed by atoms with E-state index in [-0.39, 0.29) is 22.4 Å². The molecule has 0 aliphatic heterocycles. The number of nitrogens with one attached hydrogen (secondary N) is 1. The van der Waals surface area contributed by atoms with Crippen LogP contribution >= 0.6 is 15.9 Å². The number of carbonyl (C=O) groups excluding carboxylic acids is 2. The lowest BCUT2D eigenvalue weighted by Gasteiger charge is -2.15. The van der Waals surface area contributed by atoms with E-state index < -0.39 is 0 Å². The molecule has 1 rings (SSSR count). The molecule has 0 saturated carbocycles. The van der Waals surface area contributed by atoms with E-state index in [1.165, 1.54) is 0 Å². The lowest BCUT2D eigenvalue weighted by Crippen LogP contribution is -2.16. The van der Waals surface area contributed by atoms with E-state index in [1.54, 1.807) is 18.2 Å². The molecule has 0 bridgehead atoms. The summed E-state index contributed by atoms with van der Waals surface area (Å²) in [4.78, 5) is 24.1. The highest BCUT2D eigenvalue weighted by Gasteiger charge is 2.18. The van der Waals surface area contributed by atoms with Crippen molar-refractivity contribution in [1.29, 1.82) is 0 Å². The summed E-state index contributed by atoms with van der Waals surface area (Å²) >= 11 is 3.43. The summed E-state index contributed by atoms with van der Waals surface area (Å²) in [5.41, 5.74) is 1.20. The average molecular weight is 384 g/mol. The van der Waals surface area contributed by atoms with Gasteiger partial charge >= 0.3 is 0 Å². The Bertz CT molecular complexity index is 543. The number of Topliss-reactive ketones (excluding diaryl/α,β-unsaturated/α-hetero) is 1. The van der Waals surface area contributed by atoms with Crippen molar-refractivity contribution >= 4 is 33.3 Å². The van der Waals surface area contributed by atoms with Gasteiger partial charge in [0.05, 0.1) is 17.1 Å². The van der Waals surface area contributed by atoms with Crippen LogP contribution in [0, 0.1) is 5.92 Å². The number of rotatable bonds is 9. The molecule has 128 valence electrons. The van der Waals surface area contributed by atoms with Crippen molar-refractivity contribution < 1.29 is 14.3 Å². The third-order valence-corrected chi connectivity index (χ3v) is 4.13. The normalized spacial score (nSPS) is 12.1. The zero-order valence-electron chi connectivity index (χ0n) is 14.3. The molecule has 1 aromatic rings. The summed E-state index contributed by atoms with van der Waals surface area (Å²) in [6.45, 7) is 8.37. The SMILES string of the molecule is CCCC(Br)C(=O)c1ccc(NC(=O)CC(C)C)c(OCC)c1. The zero-order chi connectivity index (χ0) is 17.4. The highest BCUT2D eigenvalue weighted by atomic mass is 79.9. The number of benzene rings is 1. The maximum absolute atomic E-state index is 12.4.